The number of rotatable bonds is 4. The third kappa shape index (κ3) is 4.39. The Morgan fingerprint density at radius 2 is 2.09 bits per heavy atom. The first kappa shape index (κ1) is 16.7. The molecule has 0 amide bonds. The normalized spacial score (nSPS) is 16.7. The molecule has 0 aromatic heterocycles. The number of aryl methyl sites for hydroxylation is 1. The van der Waals surface area contributed by atoms with Gasteiger partial charge in [0.05, 0.1) is 7.11 Å². The fraction of sp³-hybridized carbons (Fsp3) is 0.611. The quantitative estimate of drug-likeness (QED) is 0.686. The van der Waals surface area contributed by atoms with Gasteiger partial charge < -0.3 is 15.0 Å². The number of hydrogen-bond acceptors (Lipinski definition) is 2. The Morgan fingerprint density at radius 1 is 1.36 bits per heavy atom. The minimum Gasteiger partial charge on any atom is -0.496 e. The van der Waals surface area contributed by atoms with Crippen molar-refractivity contribution in [3.63, 3.8) is 0 Å². The van der Waals surface area contributed by atoms with E-state index in [-0.39, 0.29) is 0 Å². The summed E-state index contributed by atoms with van der Waals surface area (Å²) in [6, 6.07) is 6.42. The number of likely N-dealkylation sites (tertiary alicyclic amines) is 1. The van der Waals surface area contributed by atoms with Crippen LogP contribution in [-0.2, 0) is 6.42 Å². The molecule has 1 aromatic rings. The molecular weight excluding hydrogens is 274 g/mol. The summed E-state index contributed by atoms with van der Waals surface area (Å²) in [5.41, 5.74) is 2.47. The minimum absolute atomic E-state index is 0.842. The summed E-state index contributed by atoms with van der Waals surface area (Å²) >= 11 is 0. The third-order valence-electron chi connectivity index (χ3n) is 4.46. The van der Waals surface area contributed by atoms with Crippen molar-refractivity contribution in [2.24, 2.45) is 10.9 Å². The Bertz CT molecular complexity index is 505. The molecule has 0 saturated carbocycles. The Labute approximate surface area is 134 Å². The number of piperidine rings is 1. The van der Waals surface area contributed by atoms with Gasteiger partial charge in [-0.15, -0.1) is 0 Å². The lowest BCUT2D eigenvalue weighted by atomic mass is 9.99. The van der Waals surface area contributed by atoms with Gasteiger partial charge in [-0.2, -0.15) is 0 Å². The van der Waals surface area contributed by atoms with E-state index >= 15 is 0 Å². The van der Waals surface area contributed by atoms with Crippen LogP contribution in [0.15, 0.2) is 23.2 Å². The maximum atomic E-state index is 5.39. The number of ether oxygens (including phenoxy) is 1. The van der Waals surface area contributed by atoms with Crippen LogP contribution < -0.4 is 10.1 Å². The lowest BCUT2D eigenvalue weighted by Crippen LogP contribution is -2.45. The molecule has 1 fully saturated rings. The van der Waals surface area contributed by atoms with Crippen molar-refractivity contribution in [2.75, 3.05) is 33.8 Å². The van der Waals surface area contributed by atoms with Crippen molar-refractivity contribution < 1.29 is 4.74 Å². The van der Waals surface area contributed by atoms with Gasteiger partial charge in [0.15, 0.2) is 5.96 Å². The largest absolute Gasteiger partial charge is 0.496 e. The number of hydrogen-bond donors (Lipinski definition) is 1. The zero-order valence-electron chi connectivity index (χ0n) is 14.4. The molecule has 4 nitrogen and oxygen atoms in total. The molecule has 122 valence electrons. The Kier molecular flexibility index (Phi) is 6.10. The van der Waals surface area contributed by atoms with E-state index in [1.54, 1.807) is 7.11 Å². The van der Waals surface area contributed by atoms with E-state index in [9.17, 15) is 0 Å². The predicted molar refractivity (Wildman–Crippen MR) is 92.8 cm³/mol. The highest BCUT2D eigenvalue weighted by Gasteiger charge is 2.18. The molecule has 22 heavy (non-hydrogen) atoms. The van der Waals surface area contributed by atoms with E-state index in [4.69, 9.17) is 4.74 Å². The fourth-order valence-electron chi connectivity index (χ4n) is 2.89. The standard InChI is InChI=1S/C18H29N3O/c1-14-8-11-21(12-9-14)18(19-3)20-10-7-16-6-5-15(2)17(13-16)22-4/h5-6,13-14H,7-12H2,1-4H3,(H,19,20). The van der Waals surface area contributed by atoms with Crippen molar-refractivity contribution >= 4 is 5.96 Å². The summed E-state index contributed by atoms with van der Waals surface area (Å²) in [6.45, 7) is 7.52. The molecule has 1 aliphatic heterocycles. The molecule has 0 bridgehead atoms. The first-order valence-corrected chi connectivity index (χ1v) is 8.23. The van der Waals surface area contributed by atoms with Crippen LogP contribution in [0.1, 0.15) is 30.9 Å². The van der Waals surface area contributed by atoms with Gasteiger partial charge in [-0.05, 0) is 49.3 Å². The summed E-state index contributed by atoms with van der Waals surface area (Å²) in [7, 11) is 3.60. The second-order valence-electron chi connectivity index (χ2n) is 6.20. The van der Waals surface area contributed by atoms with Crippen LogP contribution in [0, 0.1) is 12.8 Å². The molecule has 1 heterocycles. The van der Waals surface area contributed by atoms with Gasteiger partial charge in [-0.25, -0.2) is 0 Å². The highest BCUT2D eigenvalue weighted by molar-refractivity contribution is 5.79. The minimum atomic E-state index is 0.842. The third-order valence-corrected chi connectivity index (χ3v) is 4.46. The number of methoxy groups -OCH3 is 1. The van der Waals surface area contributed by atoms with Crippen LogP contribution in [0.4, 0.5) is 0 Å². The number of nitrogens with one attached hydrogen (secondary N) is 1. The predicted octanol–water partition coefficient (Wildman–Crippen LogP) is 2.85. The van der Waals surface area contributed by atoms with Crippen molar-refractivity contribution in [3.8, 4) is 5.75 Å². The molecule has 1 aromatic carbocycles. The maximum absolute atomic E-state index is 5.39. The van der Waals surface area contributed by atoms with Crippen molar-refractivity contribution in [3.05, 3.63) is 29.3 Å². The molecule has 0 aliphatic carbocycles. The smallest absolute Gasteiger partial charge is 0.193 e. The highest BCUT2D eigenvalue weighted by Crippen LogP contribution is 2.19. The Morgan fingerprint density at radius 3 is 2.73 bits per heavy atom. The summed E-state index contributed by atoms with van der Waals surface area (Å²) in [6.07, 6.45) is 3.49. The monoisotopic (exact) mass is 303 g/mol. The van der Waals surface area contributed by atoms with Crippen LogP contribution in [0.5, 0.6) is 5.75 Å². The lowest BCUT2D eigenvalue weighted by Gasteiger charge is -2.32. The molecule has 0 atom stereocenters. The highest BCUT2D eigenvalue weighted by atomic mass is 16.5. The molecule has 0 radical (unpaired) electrons. The van der Waals surface area contributed by atoms with E-state index < -0.39 is 0 Å². The van der Waals surface area contributed by atoms with Crippen LogP contribution in [0.3, 0.4) is 0 Å². The Balaban J connectivity index is 1.84. The van der Waals surface area contributed by atoms with E-state index in [0.717, 1.165) is 43.7 Å². The van der Waals surface area contributed by atoms with Crippen molar-refractivity contribution in [2.45, 2.75) is 33.1 Å². The van der Waals surface area contributed by atoms with E-state index in [1.807, 2.05) is 7.05 Å². The number of benzene rings is 1. The average Bonchev–Trinajstić information content (AvgIpc) is 2.54. The summed E-state index contributed by atoms with van der Waals surface area (Å²) in [5, 5.41) is 3.49. The SMILES string of the molecule is CN=C(NCCc1ccc(C)c(OC)c1)N1CCC(C)CC1. The van der Waals surface area contributed by atoms with Crippen LogP contribution in [-0.4, -0.2) is 44.7 Å². The first-order chi connectivity index (χ1) is 10.6. The van der Waals surface area contributed by atoms with Gasteiger partial charge in [0.1, 0.15) is 5.75 Å². The molecule has 2 rings (SSSR count). The van der Waals surface area contributed by atoms with Gasteiger partial charge in [0.25, 0.3) is 0 Å². The van der Waals surface area contributed by atoms with E-state index in [0.29, 0.717) is 0 Å². The molecule has 1 N–H and O–H groups in total. The molecule has 4 heteroatoms. The van der Waals surface area contributed by atoms with Gasteiger partial charge >= 0.3 is 0 Å². The van der Waals surface area contributed by atoms with Crippen molar-refractivity contribution in [1.82, 2.24) is 10.2 Å². The number of aliphatic imine (C=N–C) groups is 1. The van der Waals surface area contributed by atoms with E-state index in [1.165, 1.54) is 24.0 Å². The second kappa shape index (κ2) is 8.06. The molecule has 1 saturated heterocycles. The summed E-state index contributed by atoms with van der Waals surface area (Å²) in [5.74, 6) is 2.84. The molecule has 0 spiro atoms. The first-order valence-electron chi connectivity index (χ1n) is 8.23. The Hall–Kier alpha value is -1.71. The molecular formula is C18H29N3O. The molecule has 1 aliphatic rings. The lowest BCUT2D eigenvalue weighted by molar-refractivity contribution is 0.273. The van der Waals surface area contributed by atoms with Crippen LogP contribution in [0.25, 0.3) is 0 Å². The molecule has 0 unspecified atom stereocenters. The topological polar surface area (TPSA) is 36.9 Å². The van der Waals surface area contributed by atoms with Crippen molar-refractivity contribution in [1.29, 1.82) is 0 Å². The van der Waals surface area contributed by atoms with Crippen LogP contribution >= 0.6 is 0 Å². The van der Waals surface area contributed by atoms with Crippen LogP contribution in [0.2, 0.25) is 0 Å². The van der Waals surface area contributed by atoms with Gasteiger partial charge in [0.2, 0.25) is 0 Å². The van der Waals surface area contributed by atoms with Gasteiger partial charge in [0, 0.05) is 26.7 Å². The maximum Gasteiger partial charge on any atom is 0.193 e. The number of nitrogens with zero attached hydrogens (tertiary/aromatic N) is 2. The number of guanidine groups is 1. The summed E-state index contributed by atoms with van der Waals surface area (Å²) in [4.78, 5) is 6.79. The summed E-state index contributed by atoms with van der Waals surface area (Å²) < 4.78 is 5.39. The average molecular weight is 303 g/mol. The van der Waals surface area contributed by atoms with E-state index in [2.05, 4.69) is 47.3 Å². The zero-order chi connectivity index (χ0) is 15.9. The fourth-order valence-corrected chi connectivity index (χ4v) is 2.89. The zero-order valence-corrected chi connectivity index (χ0v) is 14.4. The second-order valence-corrected chi connectivity index (χ2v) is 6.20. The van der Waals surface area contributed by atoms with Gasteiger partial charge in [-0.3, -0.25) is 4.99 Å². The van der Waals surface area contributed by atoms with Gasteiger partial charge in [-0.1, -0.05) is 19.1 Å².